The lowest BCUT2D eigenvalue weighted by Crippen LogP contribution is -2.08. The van der Waals surface area contributed by atoms with Crippen molar-refractivity contribution in [1.82, 2.24) is 0 Å². The van der Waals surface area contributed by atoms with E-state index in [4.69, 9.17) is 15.3 Å². The van der Waals surface area contributed by atoms with E-state index in [0.717, 1.165) is 6.08 Å². The first-order chi connectivity index (χ1) is 9.63. The Hall–Kier alpha value is -2.41. The molecule has 0 rings (SSSR count). The molecule has 3 N–H and O–H groups in total. The number of aliphatic carboxylic acids is 2. The van der Waals surface area contributed by atoms with Gasteiger partial charge in [-0.1, -0.05) is 26.2 Å². The van der Waals surface area contributed by atoms with Crippen molar-refractivity contribution in [2.45, 2.75) is 13.8 Å². The summed E-state index contributed by atoms with van der Waals surface area (Å²) >= 11 is 0. The van der Waals surface area contributed by atoms with Crippen LogP contribution in [0.4, 0.5) is 0 Å². The lowest BCUT2D eigenvalue weighted by atomic mass is 10.0. The van der Waals surface area contributed by atoms with Gasteiger partial charge >= 0.3 is 17.9 Å². The molecule has 0 heterocycles. The fourth-order valence-corrected chi connectivity index (χ4v) is 0.799. The first-order valence-electron chi connectivity index (χ1n) is 5.90. The molecule has 0 bridgehead atoms. The van der Waals surface area contributed by atoms with Gasteiger partial charge in [0.1, 0.15) is 6.61 Å². The number of allylic oxidation sites excluding steroid dienone is 1. The SMILES string of the molecule is C=C(C(=O)O)C(C)C=CC(=O)O.C=C(C)C(=O)OCCO. The van der Waals surface area contributed by atoms with Gasteiger partial charge in [0.15, 0.2) is 0 Å². The van der Waals surface area contributed by atoms with Gasteiger partial charge in [0.05, 0.1) is 6.61 Å². The molecule has 118 valence electrons. The van der Waals surface area contributed by atoms with Crippen LogP contribution in [0.2, 0.25) is 0 Å². The molecule has 0 aliphatic carbocycles. The van der Waals surface area contributed by atoms with E-state index in [0.29, 0.717) is 5.57 Å². The zero-order valence-corrected chi connectivity index (χ0v) is 12.0. The Balaban J connectivity index is 0. The van der Waals surface area contributed by atoms with Crippen LogP contribution in [0.5, 0.6) is 0 Å². The van der Waals surface area contributed by atoms with Gasteiger partial charge in [-0.2, -0.15) is 0 Å². The summed E-state index contributed by atoms with van der Waals surface area (Å²) < 4.78 is 4.46. The zero-order chi connectivity index (χ0) is 17.0. The van der Waals surface area contributed by atoms with Gasteiger partial charge in [0.2, 0.25) is 0 Å². The minimum absolute atomic E-state index is 0.0208. The molecule has 0 radical (unpaired) electrons. The Morgan fingerprint density at radius 1 is 1.24 bits per heavy atom. The Morgan fingerprint density at radius 3 is 2.10 bits per heavy atom. The standard InChI is InChI=1S/C8H10O4.C6H10O3/c1-5(3-4-7(9)10)6(2)8(11)12;1-5(2)6(8)9-4-3-7/h3-5H,2H2,1H3,(H,9,10)(H,11,12);7H,1,3-4H2,2H3. The second-order valence-electron chi connectivity index (χ2n) is 3.96. The summed E-state index contributed by atoms with van der Waals surface area (Å²) in [6.45, 7) is 9.67. The van der Waals surface area contributed by atoms with Crippen LogP contribution in [0, 0.1) is 5.92 Å². The highest BCUT2D eigenvalue weighted by molar-refractivity contribution is 5.87. The number of ether oxygens (including phenoxy) is 1. The molecular weight excluding hydrogens is 280 g/mol. The number of aliphatic hydroxyl groups is 1. The van der Waals surface area contributed by atoms with E-state index in [2.05, 4.69) is 17.9 Å². The van der Waals surface area contributed by atoms with Gasteiger partial charge < -0.3 is 20.1 Å². The molecule has 0 spiro atoms. The Labute approximate surface area is 122 Å². The number of carboxylic acids is 2. The molecule has 0 fully saturated rings. The maximum Gasteiger partial charge on any atom is 0.333 e. The minimum atomic E-state index is -1.11. The van der Waals surface area contributed by atoms with Crippen molar-refractivity contribution >= 4 is 17.9 Å². The number of rotatable bonds is 7. The van der Waals surface area contributed by atoms with Gasteiger partial charge in [-0.05, 0) is 6.92 Å². The van der Waals surface area contributed by atoms with Crippen molar-refractivity contribution in [3.05, 3.63) is 36.5 Å². The molecule has 1 unspecified atom stereocenters. The number of carboxylic acid groups (broad SMARTS) is 2. The molecule has 0 amide bonds. The van der Waals surface area contributed by atoms with Crippen LogP contribution in [-0.4, -0.2) is 46.4 Å². The van der Waals surface area contributed by atoms with Crippen molar-refractivity contribution in [2.75, 3.05) is 13.2 Å². The summed E-state index contributed by atoms with van der Waals surface area (Å²) in [4.78, 5) is 30.8. The summed E-state index contributed by atoms with van der Waals surface area (Å²) in [7, 11) is 0. The lowest BCUT2D eigenvalue weighted by molar-refractivity contribution is -0.140. The van der Waals surface area contributed by atoms with Crippen molar-refractivity contribution in [3.8, 4) is 0 Å². The van der Waals surface area contributed by atoms with Gasteiger partial charge in [-0.15, -0.1) is 0 Å². The predicted molar refractivity (Wildman–Crippen MR) is 75.6 cm³/mol. The third-order valence-electron chi connectivity index (χ3n) is 2.02. The normalized spacial score (nSPS) is 11.0. The summed E-state index contributed by atoms with van der Waals surface area (Å²) in [6.07, 6.45) is 2.18. The average molecular weight is 300 g/mol. The summed E-state index contributed by atoms with van der Waals surface area (Å²) in [5.41, 5.74) is 0.330. The van der Waals surface area contributed by atoms with E-state index >= 15 is 0 Å². The molecule has 1 atom stereocenters. The van der Waals surface area contributed by atoms with Crippen LogP contribution >= 0.6 is 0 Å². The highest BCUT2D eigenvalue weighted by Crippen LogP contribution is 2.09. The topological polar surface area (TPSA) is 121 Å². The number of carbonyl (C=O) groups is 3. The zero-order valence-electron chi connectivity index (χ0n) is 12.0. The monoisotopic (exact) mass is 300 g/mol. The maximum atomic E-state index is 10.5. The van der Waals surface area contributed by atoms with Gasteiger partial charge in [0.25, 0.3) is 0 Å². The third-order valence-corrected chi connectivity index (χ3v) is 2.02. The van der Waals surface area contributed by atoms with Crippen molar-refractivity contribution < 1.29 is 34.4 Å². The Kier molecular flexibility index (Phi) is 11.4. The molecule has 0 aliphatic heterocycles. The predicted octanol–water partition coefficient (Wildman–Crippen LogP) is 1.00. The highest BCUT2D eigenvalue weighted by Gasteiger charge is 2.10. The number of aliphatic hydroxyl groups excluding tert-OH is 1. The van der Waals surface area contributed by atoms with Crippen molar-refractivity contribution in [2.24, 2.45) is 5.92 Å². The van der Waals surface area contributed by atoms with Crippen molar-refractivity contribution in [3.63, 3.8) is 0 Å². The van der Waals surface area contributed by atoms with Crippen LogP contribution in [0.15, 0.2) is 36.5 Å². The maximum absolute atomic E-state index is 10.5. The summed E-state index contributed by atoms with van der Waals surface area (Å²) in [5.74, 6) is -3.12. The molecule has 0 aromatic heterocycles. The Bertz CT molecular complexity index is 435. The van der Waals surface area contributed by atoms with Crippen molar-refractivity contribution in [1.29, 1.82) is 0 Å². The highest BCUT2D eigenvalue weighted by atomic mass is 16.5. The number of esters is 1. The third kappa shape index (κ3) is 12.4. The first kappa shape index (κ1) is 20.9. The molecule has 7 nitrogen and oxygen atoms in total. The molecule has 0 aromatic carbocycles. The second-order valence-corrected chi connectivity index (χ2v) is 3.96. The van der Waals surface area contributed by atoms with Crippen LogP contribution in [0.25, 0.3) is 0 Å². The quantitative estimate of drug-likeness (QED) is 0.473. The first-order valence-corrected chi connectivity index (χ1v) is 5.90. The lowest BCUT2D eigenvalue weighted by Gasteiger charge is -2.03. The second kappa shape index (κ2) is 11.4. The van der Waals surface area contributed by atoms with E-state index in [1.807, 2.05) is 0 Å². The Morgan fingerprint density at radius 2 is 1.76 bits per heavy atom. The van der Waals surface area contributed by atoms with E-state index < -0.39 is 23.8 Å². The number of hydrogen-bond donors (Lipinski definition) is 3. The van der Waals surface area contributed by atoms with E-state index in [1.54, 1.807) is 13.8 Å². The molecule has 7 heteroatoms. The van der Waals surface area contributed by atoms with Crippen LogP contribution in [0.1, 0.15) is 13.8 Å². The average Bonchev–Trinajstić information content (AvgIpc) is 2.41. The smallest absolute Gasteiger partial charge is 0.333 e. The molecule has 21 heavy (non-hydrogen) atoms. The number of carbonyl (C=O) groups excluding carboxylic acids is 1. The summed E-state index contributed by atoms with van der Waals surface area (Å²) in [5, 5.41) is 24.8. The van der Waals surface area contributed by atoms with Crippen LogP contribution in [-0.2, 0) is 19.1 Å². The molecule has 0 aliphatic rings. The minimum Gasteiger partial charge on any atom is -0.478 e. The largest absolute Gasteiger partial charge is 0.478 e. The molecule has 0 saturated heterocycles. The molecule has 0 aromatic rings. The molecule has 0 saturated carbocycles. The van der Waals surface area contributed by atoms with Gasteiger partial charge in [-0.3, -0.25) is 0 Å². The van der Waals surface area contributed by atoms with Crippen LogP contribution in [0.3, 0.4) is 0 Å². The van der Waals surface area contributed by atoms with Gasteiger partial charge in [-0.25, -0.2) is 14.4 Å². The van der Waals surface area contributed by atoms with Gasteiger partial charge in [0, 0.05) is 23.1 Å². The van der Waals surface area contributed by atoms with E-state index in [9.17, 15) is 14.4 Å². The fraction of sp³-hybridized carbons (Fsp3) is 0.357. The summed E-state index contributed by atoms with van der Waals surface area (Å²) in [6, 6.07) is 0. The number of hydrogen-bond acceptors (Lipinski definition) is 5. The molecular formula is C14H20O7. The van der Waals surface area contributed by atoms with E-state index in [1.165, 1.54) is 6.08 Å². The van der Waals surface area contributed by atoms with E-state index in [-0.39, 0.29) is 18.8 Å². The van der Waals surface area contributed by atoms with Crippen LogP contribution < -0.4 is 0 Å². The fourth-order valence-electron chi connectivity index (χ4n) is 0.799.